The van der Waals surface area contributed by atoms with Crippen molar-refractivity contribution in [3.63, 3.8) is 0 Å². The molecule has 1 N–H and O–H groups in total. The van der Waals surface area contributed by atoms with Crippen LogP contribution in [0.15, 0.2) is 24.3 Å². The van der Waals surface area contributed by atoms with E-state index in [1.165, 1.54) is 11.8 Å². The van der Waals surface area contributed by atoms with Crippen molar-refractivity contribution in [2.24, 2.45) is 0 Å². The Morgan fingerprint density at radius 2 is 1.89 bits per heavy atom. The number of aryl methyl sites for hydroxylation is 1. The quantitative estimate of drug-likeness (QED) is 0.653. The van der Waals surface area contributed by atoms with Crippen LogP contribution >= 0.6 is 0 Å². The summed E-state index contributed by atoms with van der Waals surface area (Å²) in [5.41, 5.74) is 1.95. The number of hydrogen-bond donors (Lipinski definition) is 1. The first-order valence-electron chi connectivity index (χ1n) is 5.72. The third-order valence-corrected chi connectivity index (χ3v) is 2.41. The molecular weight excluding hydrogens is 232 g/mol. The SMILES string of the molecule is CC(=O)OCCNC(=O)N(C)c1ccc(C)cc1. The molecule has 0 bridgehead atoms. The molecule has 0 spiro atoms. The third kappa shape index (κ3) is 4.45. The summed E-state index contributed by atoms with van der Waals surface area (Å²) in [5.74, 6) is -0.351. The van der Waals surface area contributed by atoms with Crippen LogP contribution in [0.4, 0.5) is 10.5 Å². The largest absolute Gasteiger partial charge is 0.464 e. The van der Waals surface area contributed by atoms with Crippen molar-refractivity contribution in [1.82, 2.24) is 5.32 Å². The van der Waals surface area contributed by atoms with Crippen molar-refractivity contribution < 1.29 is 14.3 Å². The summed E-state index contributed by atoms with van der Waals surface area (Å²) < 4.78 is 4.72. The summed E-state index contributed by atoms with van der Waals surface area (Å²) in [7, 11) is 1.69. The van der Waals surface area contributed by atoms with Gasteiger partial charge in [0.25, 0.3) is 0 Å². The molecule has 0 fully saturated rings. The Balaban J connectivity index is 2.41. The van der Waals surface area contributed by atoms with Gasteiger partial charge in [-0.2, -0.15) is 0 Å². The molecule has 98 valence electrons. The lowest BCUT2D eigenvalue weighted by Gasteiger charge is -2.18. The molecule has 1 aromatic rings. The van der Waals surface area contributed by atoms with Crippen molar-refractivity contribution >= 4 is 17.7 Å². The number of esters is 1. The minimum absolute atomic E-state index is 0.183. The number of nitrogens with zero attached hydrogens (tertiary/aromatic N) is 1. The molecule has 18 heavy (non-hydrogen) atoms. The molecule has 0 aliphatic heterocycles. The van der Waals surface area contributed by atoms with E-state index < -0.39 is 0 Å². The van der Waals surface area contributed by atoms with Crippen LogP contribution in [0.25, 0.3) is 0 Å². The summed E-state index contributed by atoms with van der Waals surface area (Å²) in [4.78, 5) is 23.8. The number of amides is 2. The van der Waals surface area contributed by atoms with Crippen molar-refractivity contribution in [2.45, 2.75) is 13.8 Å². The van der Waals surface area contributed by atoms with Crippen LogP contribution in [0.1, 0.15) is 12.5 Å². The second kappa shape index (κ2) is 6.64. The zero-order chi connectivity index (χ0) is 13.5. The maximum Gasteiger partial charge on any atom is 0.321 e. The van der Waals surface area contributed by atoms with Gasteiger partial charge < -0.3 is 10.1 Å². The Morgan fingerprint density at radius 3 is 2.44 bits per heavy atom. The number of urea groups is 1. The third-order valence-electron chi connectivity index (χ3n) is 2.41. The lowest BCUT2D eigenvalue weighted by Crippen LogP contribution is -2.39. The minimum atomic E-state index is -0.351. The molecule has 1 rings (SSSR count). The predicted octanol–water partition coefficient (Wildman–Crippen LogP) is 1.70. The molecule has 5 nitrogen and oxygen atoms in total. The van der Waals surface area contributed by atoms with Gasteiger partial charge in [-0.05, 0) is 19.1 Å². The van der Waals surface area contributed by atoms with Gasteiger partial charge >= 0.3 is 12.0 Å². The van der Waals surface area contributed by atoms with E-state index in [-0.39, 0.29) is 18.6 Å². The van der Waals surface area contributed by atoms with E-state index in [0.29, 0.717) is 6.54 Å². The van der Waals surface area contributed by atoms with E-state index >= 15 is 0 Å². The van der Waals surface area contributed by atoms with E-state index in [1.54, 1.807) is 7.05 Å². The summed E-state index contributed by atoms with van der Waals surface area (Å²) >= 11 is 0. The van der Waals surface area contributed by atoms with E-state index in [2.05, 4.69) is 5.32 Å². The van der Waals surface area contributed by atoms with Gasteiger partial charge in [0.15, 0.2) is 0 Å². The smallest absolute Gasteiger partial charge is 0.321 e. The minimum Gasteiger partial charge on any atom is -0.464 e. The Hall–Kier alpha value is -2.04. The van der Waals surface area contributed by atoms with E-state index in [0.717, 1.165) is 11.3 Å². The molecule has 0 saturated carbocycles. The van der Waals surface area contributed by atoms with Gasteiger partial charge in [-0.3, -0.25) is 9.69 Å². The normalized spacial score (nSPS) is 9.72. The first-order chi connectivity index (χ1) is 8.50. The van der Waals surface area contributed by atoms with Gasteiger partial charge in [-0.1, -0.05) is 17.7 Å². The van der Waals surface area contributed by atoms with E-state index in [9.17, 15) is 9.59 Å². The molecule has 2 amide bonds. The number of nitrogens with one attached hydrogen (secondary N) is 1. The molecule has 0 atom stereocenters. The van der Waals surface area contributed by atoms with Crippen LogP contribution in [0, 0.1) is 6.92 Å². The number of benzene rings is 1. The fraction of sp³-hybridized carbons (Fsp3) is 0.385. The highest BCUT2D eigenvalue weighted by Crippen LogP contribution is 2.13. The van der Waals surface area contributed by atoms with Crippen LogP contribution in [0.5, 0.6) is 0 Å². The Labute approximate surface area is 107 Å². The molecule has 0 heterocycles. The van der Waals surface area contributed by atoms with Crippen molar-refractivity contribution in [2.75, 3.05) is 25.1 Å². The van der Waals surface area contributed by atoms with Gasteiger partial charge in [0.2, 0.25) is 0 Å². The van der Waals surface area contributed by atoms with Crippen LogP contribution in [-0.2, 0) is 9.53 Å². The molecule has 0 radical (unpaired) electrons. The zero-order valence-corrected chi connectivity index (χ0v) is 10.9. The first-order valence-corrected chi connectivity index (χ1v) is 5.72. The Morgan fingerprint density at radius 1 is 1.28 bits per heavy atom. The molecular formula is C13H18N2O3. The topological polar surface area (TPSA) is 58.6 Å². The summed E-state index contributed by atoms with van der Waals surface area (Å²) in [6, 6.07) is 7.41. The highest BCUT2D eigenvalue weighted by Gasteiger charge is 2.09. The number of hydrogen-bond acceptors (Lipinski definition) is 3. The van der Waals surface area contributed by atoms with E-state index in [1.807, 2.05) is 31.2 Å². The highest BCUT2D eigenvalue weighted by atomic mass is 16.5. The molecule has 0 aliphatic carbocycles. The lowest BCUT2D eigenvalue weighted by molar-refractivity contribution is -0.140. The van der Waals surface area contributed by atoms with Crippen molar-refractivity contribution in [1.29, 1.82) is 0 Å². The zero-order valence-electron chi connectivity index (χ0n) is 10.9. The van der Waals surface area contributed by atoms with Gasteiger partial charge in [-0.25, -0.2) is 4.79 Å². The van der Waals surface area contributed by atoms with Crippen LogP contribution in [-0.4, -0.2) is 32.2 Å². The van der Waals surface area contributed by atoms with Gasteiger partial charge in [0.05, 0.1) is 6.54 Å². The number of ether oxygens (including phenoxy) is 1. The molecule has 0 aliphatic rings. The fourth-order valence-electron chi connectivity index (χ4n) is 1.36. The maximum atomic E-state index is 11.7. The fourth-order valence-corrected chi connectivity index (χ4v) is 1.36. The molecule has 0 unspecified atom stereocenters. The van der Waals surface area contributed by atoms with Crippen molar-refractivity contribution in [3.05, 3.63) is 29.8 Å². The summed E-state index contributed by atoms with van der Waals surface area (Å²) in [6.45, 7) is 3.81. The average molecular weight is 250 g/mol. The van der Waals surface area contributed by atoms with Gasteiger partial charge in [0, 0.05) is 19.7 Å². The average Bonchev–Trinajstić information content (AvgIpc) is 2.34. The van der Waals surface area contributed by atoms with E-state index in [4.69, 9.17) is 4.74 Å². The first kappa shape index (κ1) is 14.0. The summed E-state index contributed by atoms with van der Waals surface area (Å²) in [5, 5.41) is 2.66. The standard InChI is InChI=1S/C13H18N2O3/c1-10-4-6-12(7-5-10)15(3)13(17)14-8-9-18-11(2)16/h4-7H,8-9H2,1-3H3,(H,14,17). The monoisotopic (exact) mass is 250 g/mol. The molecule has 0 saturated heterocycles. The van der Waals surface area contributed by atoms with Crippen LogP contribution < -0.4 is 10.2 Å². The van der Waals surface area contributed by atoms with Crippen molar-refractivity contribution in [3.8, 4) is 0 Å². The predicted molar refractivity (Wildman–Crippen MR) is 69.6 cm³/mol. The molecule has 0 aromatic heterocycles. The Bertz CT molecular complexity index is 415. The number of carbonyl (C=O) groups is 2. The maximum absolute atomic E-state index is 11.7. The summed E-state index contributed by atoms with van der Waals surface area (Å²) in [6.07, 6.45) is 0. The van der Waals surface area contributed by atoms with Gasteiger partial charge in [-0.15, -0.1) is 0 Å². The second-order valence-corrected chi connectivity index (χ2v) is 3.97. The van der Waals surface area contributed by atoms with Crippen LogP contribution in [0.3, 0.4) is 0 Å². The highest BCUT2D eigenvalue weighted by molar-refractivity contribution is 5.91. The number of rotatable bonds is 4. The molecule has 5 heteroatoms. The van der Waals surface area contributed by atoms with Crippen LogP contribution in [0.2, 0.25) is 0 Å². The molecule has 1 aromatic carbocycles. The Kier molecular flexibility index (Phi) is 5.17. The second-order valence-electron chi connectivity index (χ2n) is 3.97. The van der Waals surface area contributed by atoms with Gasteiger partial charge in [0.1, 0.15) is 6.61 Å². The number of anilines is 1. The lowest BCUT2D eigenvalue weighted by atomic mass is 10.2. The number of carbonyl (C=O) groups excluding carboxylic acids is 2.